The van der Waals surface area contributed by atoms with Crippen LogP contribution in [0.4, 0.5) is 0 Å². The molecule has 0 saturated carbocycles. The Bertz CT molecular complexity index is 1140. The van der Waals surface area contributed by atoms with Crippen LogP contribution in [0, 0.1) is 0 Å². The topological polar surface area (TPSA) is 113 Å². The molecule has 0 amide bonds. The quantitative estimate of drug-likeness (QED) is 0.254. The Morgan fingerprint density at radius 3 is 1.62 bits per heavy atom. The Kier molecular flexibility index (Phi) is 8.81. The zero-order chi connectivity index (χ0) is 22.8. The molecule has 0 aliphatic rings. The van der Waals surface area contributed by atoms with Crippen LogP contribution in [0.15, 0.2) is 74.2 Å². The molecule has 5 aromatic heterocycles. The molecule has 0 aliphatic heterocycles. The molecule has 5 rings (SSSR count). The molecule has 5 heterocycles. The van der Waals surface area contributed by atoms with Gasteiger partial charge in [0.2, 0.25) is 16.5 Å². The Morgan fingerprint density at radius 1 is 0.562 bits per heavy atom. The van der Waals surface area contributed by atoms with Crippen molar-refractivity contribution in [2.75, 3.05) is 0 Å². The largest absolute Gasteiger partial charge is 0.290 e. The van der Waals surface area contributed by atoms with E-state index in [1.807, 2.05) is 0 Å². The van der Waals surface area contributed by atoms with Gasteiger partial charge < -0.3 is 0 Å². The number of halogens is 4. The van der Waals surface area contributed by atoms with Crippen LogP contribution in [0.5, 0.6) is 0 Å². The summed E-state index contributed by atoms with van der Waals surface area (Å²) in [4.78, 5) is 30.7. The van der Waals surface area contributed by atoms with Crippen molar-refractivity contribution in [3.05, 3.63) is 95.1 Å². The Balaban J connectivity index is 0.000000139. The van der Waals surface area contributed by atoms with Gasteiger partial charge >= 0.3 is 0 Å². The first-order valence-electron chi connectivity index (χ1n) is 8.59. The van der Waals surface area contributed by atoms with Crippen LogP contribution in [-0.4, -0.2) is 49.0 Å². The van der Waals surface area contributed by atoms with E-state index in [0.29, 0.717) is 22.1 Å². The average Bonchev–Trinajstić information content (AvgIpc) is 3.49. The first-order chi connectivity index (χ1) is 15.5. The van der Waals surface area contributed by atoms with Crippen LogP contribution in [0.25, 0.3) is 11.8 Å². The van der Waals surface area contributed by atoms with E-state index in [4.69, 9.17) is 46.4 Å². The van der Waals surface area contributed by atoms with Crippen molar-refractivity contribution in [2.45, 2.75) is 0 Å². The maximum atomic E-state index is 5.68. The third kappa shape index (κ3) is 7.50. The van der Waals surface area contributed by atoms with Gasteiger partial charge in [-0.2, -0.15) is 4.98 Å². The van der Waals surface area contributed by atoms with E-state index >= 15 is 0 Å². The number of hydrogen-bond donors (Lipinski definition) is 0. The first-order valence-corrected chi connectivity index (χ1v) is 10.1. The number of rotatable bonds is 2. The smallest absolute Gasteiger partial charge is 0.236 e. The lowest BCUT2D eigenvalue weighted by Crippen LogP contribution is -1.97. The fourth-order valence-electron chi connectivity index (χ4n) is 2.01. The van der Waals surface area contributed by atoms with E-state index < -0.39 is 0 Å². The van der Waals surface area contributed by atoms with Gasteiger partial charge in [0.1, 0.15) is 28.8 Å². The van der Waals surface area contributed by atoms with Crippen molar-refractivity contribution in [3.63, 3.8) is 0 Å². The molecule has 0 bridgehead atoms. The highest BCUT2D eigenvalue weighted by molar-refractivity contribution is 6.31. The molecule has 0 fully saturated rings. The van der Waals surface area contributed by atoms with Crippen LogP contribution in [0.2, 0.25) is 20.9 Å². The summed E-state index contributed by atoms with van der Waals surface area (Å²) < 4.78 is 3.44. The number of aromatic nitrogens is 10. The molecule has 14 heteroatoms. The Labute approximate surface area is 201 Å². The van der Waals surface area contributed by atoms with E-state index in [1.165, 1.54) is 6.20 Å². The van der Waals surface area contributed by atoms with Gasteiger partial charge in [0.25, 0.3) is 0 Å². The zero-order valence-electron chi connectivity index (χ0n) is 15.9. The second-order valence-electron chi connectivity index (χ2n) is 5.45. The highest BCUT2D eigenvalue weighted by Crippen LogP contribution is 2.06. The highest BCUT2D eigenvalue weighted by atomic mass is 35.5. The second-order valence-corrected chi connectivity index (χ2v) is 6.90. The highest BCUT2D eigenvalue weighted by Gasteiger charge is 1.98. The third-order valence-electron chi connectivity index (χ3n) is 3.32. The van der Waals surface area contributed by atoms with Gasteiger partial charge in [0, 0.05) is 43.4 Å². The molecule has 0 spiro atoms. The molecule has 5 aromatic rings. The number of hydrogen-bond acceptors (Lipinski definition) is 8. The molecule has 0 N–H and O–H groups in total. The first kappa shape index (κ1) is 23.5. The van der Waals surface area contributed by atoms with E-state index in [1.54, 1.807) is 77.2 Å². The molecule has 0 saturated heterocycles. The molecular formula is C18H12Cl4N10. The Morgan fingerprint density at radius 2 is 1.12 bits per heavy atom. The molecule has 10 nitrogen and oxygen atoms in total. The standard InChI is InChI=1S/2C7H5ClN4.C4H2Cl2N2/c8-7-10-2-1-6(11-7)12-4-3-9-5-12;8-6-1-2-10-7(11-6)12-4-3-9-5-12;5-3-1-2-7-4(6)8-3/h2*1-5H;1-2H. The van der Waals surface area contributed by atoms with Gasteiger partial charge in [-0.25, -0.2) is 34.9 Å². The molecule has 32 heavy (non-hydrogen) atoms. The fourth-order valence-corrected chi connectivity index (χ4v) is 2.61. The summed E-state index contributed by atoms with van der Waals surface area (Å²) in [5, 5.41) is 1.21. The molecule has 0 atom stereocenters. The molecule has 0 radical (unpaired) electrons. The molecule has 0 aromatic carbocycles. The van der Waals surface area contributed by atoms with E-state index in [-0.39, 0.29) is 10.6 Å². The minimum absolute atomic E-state index is 0.178. The Hall–Kier alpha value is -3.18. The van der Waals surface area contributed by atoms with Gasteiger partial charge in [-0.15, -0.1) is 0 Å². The van der Waals surface area contributed by atoms with Crippen molar-refractivity contribution in [3.8, 4) is 11.8 Å². The lowest BCUT2D eigenvalue weighted by Gasteiger charge is -1.98. The van der Waals surface area contributed by atoms with Crippen molar-refractivity contribution in [1.82, 2.24) is 49.0 Å². The minimum atomic E-state index is 0.178. The SMILES string of the molecule is Clc1ccnc(-n2ccnc2)n1.Clc1ccnc(Cl)n1.Clc1nccc(-n2ccnc2)n1. The molecular weight excluding hydrogens is 498 g/mol. The van der Waals surface area contributed by atoms with Crippen molar-refractivity contribution >= 4 is 46.4 Å². The minimum Gasteiger partial charge on any atom is -0.290 e. The maximum absolute atomic E-state index is 5.68. The summed E-state index contributed by atoms with van der Waals surface area (Å²) in [5.41, 5.74) is 0. The van der Waals surface area contributed by atoms with Crippen molar-refractivity contribution < 1.29 is 0 Å². The van der Waals surface area contributed by atoms with E-state index in [9.17, 15) is 0 Å². The monoisotopic (exact) mass is 508 g/mol. The van der Waals surface area contributed by atoms with Crippen LogP contribution >= 0.6 is 46.4 Å². The van der Waals surface area contributed by atoms with Gasteiger partial charge in [0.05, 0.1) is 0 Å². The summed E-state index contributed by atoms with van der Waals surface area (Å²) in [6.45, 7) is 0. The van der Waals surface area contributed by atoms with Gasteiger partial charge in [0.15, 0.2) is 0 Å². The van der Waals surface area contributed by atoms with Gasteiger partial charge in [-0.05, 0) is 41.4 Å². The molecule has 0 aliphatic carbocycles. The summed E-state index contributed by atoms with van der Waals surface area (Å²) in [6, 6.07) is 4.95. The van der Waals surface area contributed by atoms with Gasteiger partial charge in [-0.1, -0.05) is 23.2 Å². The average molecular weight is 510 g/mol. The second kappa shape index (κ2) is 12.0. The van der Waals surface area contributed by atoms with Crippen LogP contribution in [-0.2, 0) is 0 Å². The van der Waals surface area contributed by atoms with Crippen LogP contribution < -0.4 is 0 Å². The predicted molar refractivity (Wildman–Crippen MR) is 120 cm³/mol. The van der Waals surface area contributed by atoms with Crippen LogP contribution in [0.3, 0.4) is 0 Å². The van der Waals surface area contributed by atoms with Crippen molar-refractivity contribution in [1.29, 1.82) is 0 Å². The summed E-state index contributed by atoms with van der Waals surface area (Å²) in [6.07, 6.45) is 14.8. The number of nitrogens with zero attached hydrogens (tertiary/aromatic N) is 10. The lowest BCUT2D eigenvalue weighted by molar-refractivity contribution is 0.925. The fraction of sp³-hybridized carbons (Fsp3) is 0. The summed E-state index contributed by atoms with van der Waals surface area (Å²) in [7, 11) is 0. The maximum Gasteiger partial charge on any atom is 0.236 e. The normalized spacial score (nSPS) is 9.88. The summed E-state index contributed by atoms with van der Waals surface area (Å²) >= 11 is 22.0. The zero-order valence-corrected chi connectivity index (χ0v) is 18.9. The predicted octanol–water partition coefficient (Wildman–Crippen LogP) is 4.41. The molecule has 162 valence electrons. The number of imidazole rings is 2. The molecule has 0 unspecified atom stereocenters. The lowest BCUT2D eigenvalue weighted by atomic mass is 10.6. The summed E-state index contributed by atoms with van der Waals surface area (Å²) in [5.74, 6) is 1.24. The van der Waals surface area contributed by atoms with E-state index in [2.05, 4.69) is 39.9 Å². The van der Waals surface area contributed by atoms with Crippen molar-refractivity contribution in [2.24, 2.45) is 0 Å². The third-order valence-corrected chi connectivity index (χ3v) is 4.10. The van der Waals surface area contributed by atoms with Gasteiger partial charge in [-0.3, -0.25) is 9.13 Å². The van der Waals surface area contributed by atoms with Crippen LogP contribution in [0.1, 0.15) is 0 Å². The van der Waals surface area contributed by atoms with E-state index in [0.717, 1.165) is 0 Å².